The number of aryl methyl sites for hydroxylation is 4. The van der Waals surface area contributed by atoms with Crippen LogP contribution in [-0.2, 0) is 12.8 Å². The Labute approximate surface area is 317 Å². The van der Waals surface area contributed by atoms with Crippen molar-refractivity contribution in [2.24, 2.45) is 0 Å². The van der Waals surface area contributed by atoms with E-state index in [0.29, 0.717) is 29.7 Å². The van der Waals surface area contributed by atoms with Gasteiger partial charge in [0.2, 0.25) is 0 Å². The van der Waals surface area contributed by atoms with Crippen molar-refractivity contribution in [1.82, 2.24) is 0 Å². The molecule has 0 aliphatic heterocycles. The van der Waals surface area contributed by atoms with Gasteiger partial charge in [-0.2, -0.15) is 0 Å². The molecule has 0 radical (unpaired) electrons. The summed E-state index contributed by atoms with van der Waals surface area (Å²) < 4.78 is 8.31. The molecule has 7 rings (SSSR count). The van der Waals surface area contributed by atoms with Gasteiger partial charge in [-0.3, -0.25) is 0 Å². The molecule has 7 aromatic rings. The predicted molar refractivity (Wildman–Crippen MR) is 222 cm³/mol. The third kappa shape index (κ3) is 6.46. The van der Waals surface area contributed by atoms with E-state index in [2.05, 4.69) is 130 Å². The van der Waals surface area contributed by atoms with Gasteiger partial charge in [0.1, 0.15) is 0 Å². The van der Waals surface area contributed by atoms with Crippen LogP contribution in [0.15, 0.2) is 152 Å². The summed E-state index contributed by atoms with van der Waals surface area (Å²) in [5.74, 6) is 0.552. The van der Waals surface area contributed by atoms with Gasteiger partial charge in [-0.05, 0) is 0 Å². The Balaban J connectivity index is 1.66. The first kappa shape index (κ1) is 36.3. The van der Waals surface area contributed by atoms with Crippen LogP contribution in [0, 0.1) is 27.7 Å². The van der Waals surface area contributed by atoms with Crippen LogP contribution in [0.25, 0.3) is 0 Å². The van der Waals surface area contributed by atoms with E-state index >= 15 is 0 Å². The third-order valence-electron chi connectivity index (χ3n) is 10.4. The zero-order valence-electron chi connectivity index (χ0n) is 31.0. The Bertz CT molecular complexity index is 2250. The first-order valence-corrected chi connectivity index (χ1v) is 20.2. The second-order valence-electron chi connectivity index (χ2n) is 14.4. The normalized spacial score (nSPS) is 12.2. The topological polar surface area (TPSA) is 90.2 Å². The average Bonchev–Trinajstić information content (AvgIpc) is 3.15. The number of hydrogen-bond donors (Lipinski definition) is 4. The number of phenolic OH excluding ortho intramolecular Hbond substituents is 4. The summed E-state index contributed by atoms with van der Waals surface area (Å²) >= 11 is 0. The molecule has 0 saturated carbocycles. The Morgan fingerprint density at radius 3 is 1.13 bits per heavy atom. The standard InChI is InChI=1S/C48H45O5P/c1-32-10-20-43(21-11-32)54(42-8-6-5-7-9-42,44-22-12-33(2)13-23-44,45-24-14-34(3)15-25-45)53-48-38(28-36-16-18-40(49)30-46(36)51)26-35(4)27-39(48)29-37-17-19-41(50)31-47(37)52/h5-27,30-31,49-52H,28-29H2,1-4H3. The zero-order chi connectivity index (χ0) is 38.1. The van der Waals surface area contributed by atoms with Crippen LogP contribution < -0.4 is 25.7 Å². The molecule has 0 aliphatic carbocycles. The molecule has 0 saturated heterocycles. The molecule has 0 atom stereocenters. The third-order valence-corrected chi connectivity index (χ3v) is 16.1. The Kier molecular flexibility index (Phi) is 9.70. The van der Waals surface area contributed by atoms with E-state index in [-0.39, 0.29) is 23.0 Å². The van der Waals surface area contributed by atoms with Gasteiger partial charge in [-0.25, -0.2) is 0 Å². The predicted octanol–water partition coefficient (Wildman–Crippen LogP) is 9.07. The van der Waals surface area contributed by atoms with Crippen LogP contribution in [0.3, 0.4) is 0 Å². The number of phenols is 4. The van der Waals surface area contributed by atoms with Crippen molar-refractivity contribution >= 4 is 28.0 Å². The quantitative estimate of drug-likeness (QED) is 0.105. The molecule has 5 nitrogen and oxygen atoms in total. The second kappa shape index (κ2) is 14.4. The molecule has 0 bridgehead atoms. The fourth-order valence-corrected chi connectivity index (χ4v) is 13.3. The van der Waals surface area contributed by atoms with E-state index in [1.807, 2.05) is 13.0 Å². The summed E-state index contributed by atoms with van der Waals surface area (Å²) in [5.41, 5.74) is 7.27. The summed E-state index contributed by atoms with van der Waals surface area (Å²) in [7, 11) is 0. The van der Waals surface area contributed by atoms with Gasteiger partial charge in [0.05, 0.1) is 0 Å². The van der Waals surface area contributed by atoms with Crippen molar-refractivity contribution in [3.8, 4) is 28.7 Å². The fraction of sp³-hybridized carbons (Fsp3) is 0.125. The number of rotatable bonds is 10. The van der Waals surface area contributed by atoms with Crippen LogP contribution in [0.1, 0.15) is 44.5 Å². The maximum absolute atomic E-state index is 11.1. The molecule has 0 spiro atoms. The van der Waals surface area contributed by atoms with Gasteiger partial charge < -0.3 is 0 Å². The van der Waals surface area contributed by atoms with Crippen LogP contribution in [0.4, 0.5) is 0 Å². The molecule has 272 valence electrons. The van der Waals surface area contributed by atoms with Crippen molar-refractivity contribution in [1.29, 1.82) is 0 Å². The van der Waals surface area contributed by atoms with E-state index in [4.69, 9.17) is 4.52 Å². The molecule has 0 aliphatic rings. The van der Waals surface area contributed by atoms with E-state index in [1.54, 1.807) is 24.3 Å². The number of hydrogen-bond acceptors (Lipinski definition) is 5. The summed E-state index contributed by atoms with van der Waals surface area (Å²) in [6.45, 7) is 4.01. The SMILES string of the molecule is Cc1ccc(P(Oc2c(Cc3ccc(O)cc3O)cc(C)cc2Cc2ccc(O)cc2O)(c2ccccc2)(c2ccc(C)cc2)c2ccc(C)cc2)cc1. The first-order chi connectivity index (χ1) is 26.0. The van der Waals surface area contributed by atoms with Crippen molar-refractivity contribution in [2.75, 3.05) is 0 Å². The fourth-order valence-electron chi connectivity index (χ4n) is 7.61. The Hall–Kier alpha value is -6.03. The van der Waals surface area contributed by atoms with Crippen molar-refractivity contribution < 1.29 is 24.9 Å². The van der Waals surface area contributed by atoms with Gasteiger partial charge in [-0.15, -0.1) is 0 Å². The molecular weight excluding hydrogens is 687 g/mol. The molecular formula is C48H45O5P. The van der Waals surface area contributed by atoms with Crippen molar-refractivity contribution in [3.05, 3.63) is 196 Å². The monoisotopic (exact) mass is 732 g/mol. The molecule has 4 N–H and O–H groups in total. The second-order valence-corrected chi connectivity index (χ2v) is 18.7. The van der Waals surface area contributed by atoms with Gasteiger partial charge in [0.25, 0.3) is 0 Å². The zero-order valence-corrected chi connectivity index (χ0v) is 31.9. The minimum atomic E-state index is -4.28. The summed E-state index contributed by atoms with van der Waals surface area (Å²) in [4.78, 5) is 0. The summed E-state index contributed by atoms with van der Waals surface area (Å²) in [6.07, 6.45) is 0.601. The molecule has 6 heteroatoms. The van der Waals surface area contributed by atoms with E-state index in [1.165, 1.54) is 12.1 Å². The van der Waals surface area contributed by atoms with Crippen LogP contribution in [0.5, 0.6) is 28.7 Å². The summed E-state index contributed by atoms with van der Waals surface area (Å²) in [6, 6.07) is 50.1. The maximum atomic E-state index is 11.1. The molecule has 0 amide bonds. The van der Waals surface area contributed by atoms with Crippen molar-refractivity contribution in [2.45, 2.75) is 40.5 Å². The molecule has 0 unspecified atom stereocenters. The van der Waals surface area contributed by atoms with Crippen molar-refractivity contribution in [3.63, 3.8) is 0 Å². The molecule has 0 aromatic heterocycles. The Morgan fingerprint density at radius 1 is 0.389 bits per heavy atom. The molecule has 0 fully saturated rings. The molecule has 0 heterocycles. The van der Waals surface area contributed by atoms with E-state index < -0.39 is 6.83 Å². The van der Waals surface area contributed by atoms with E-state index in [0.717, 1.165) is 54.6 Å². The van der Waals surface area contributed by atoms with E-state index in [9.17, 15) is 20.4 Å². The van der Waals surface area contributed by atoms with Gasteiger partial charge in [0.15, 0.2) is 0 Å². The van der Waals surface area contributed by atoms with Gasteiger partial charge >= 0.3 is 318 Å². The minimum absolute atomic E-state index is 0.0173. The molecule has 7 aromatic carbocycles. The average molecular weight is 733 g/mol. The molecule has 54 heavy (non-hydrogen) atoms. The summed E-state index contributed by atoms with van der Waals surface area (Å²) in [5, 5.41) is 46.6. The van der Waals surface area contributed by atoms with Gasteiger partial charge in [0, 0.05) is 0 Å². The van der Waals surface area contributed by atoms with Gasteiger partial charge in [-0.1, -0.05) is 0 Å². The first-order valence-electron chi connectivity index (χ1n) is 18.1. The Morgan fingerprint density at radius 2 is 0.759 bits per heavy atom. The van der Waals surface area contributed by atoms with Crippen LogP contribution >= 0.6 is 6.83 Å². The number of benzene rings is 7. The van der Waals surface area contributed by atoms with Crippen LogP contribution in [-0.4, -0.2) is 20.4 Å². The number of aromatic hydroxyl groups is 4. The van der Waals surface area contributed by atoms with Crippen LogP contribution in [0.2, 0.25) is 0 Å².